The number of nitrogens with zero attached hydrogens (tertiary/aromatic N) is 3. The quantitative estimate of drug-likeness (QED) is 0.668. The van der Waals surface area contributed by atoms with Crippen molar-refractivity contribution < 1.29 is 13.7 Å². The molecule has 1 saturated heterocycles. The van der Waals surface area contributed by atoms with Crippen LogP contribution in [0.1, 0.15) is 17.6 Å². The summed E-state index contributed by atoms with van der Waals surface area (Å²) in [6, 6.07) is 10.8. The highest BCUT2D eigenvalue weighted by Gasteiger charge is 2.34. The summed E-state index contributed by atoms with van der Waals surface area (Å²) in [6.07, 6.45) is 4.72. The molecule has 0 spiro atoms. The van der Waals surface area contributed by atoms with E-state index in [1.807, 2.05) is 12.1 Å². The first kappa shape index (κ1) is 15.7. The van der Waals surface area contributed by atoms with Gasteiger partial charge in [0.1, 0.15) is 5.76 Å². The highest BCUT2D eigenvalue weighted by atomic mass is 35.5. The summed E-state index contributed by atoms with van der Waals surface area (Å²) in [7, 11) is 0. The van der Waals surface area contributed by atoms with Crippen molar-refractivity contribution in [3.63, 3.8) is 0 Å². The van der Waals surface area contributed by atoms with Gasteiger partial charge in [0.05, 0.1) is 12.2 Å². The SMILES string of the molecule is O=C(/C=C/c1ccco1)N1CC(c2nc(-c3cccc(Cl)c3)no2)C1. The Morgan fingerprint density at radius 2 is 2.16 bits per heavy atom. The van der Waals surface area contributed by atoms with E-state index >= 15 is 0 Å². The van der Waals surface area contributed by atoms with Crippen LogP contribution in [0.5, 0.6) is 0 Å². The van der Waals surface area contributed by atoms with Gasteiger partial charge in [-0.1, -0.05) is 28.9 Å². The molecule has 1 aliphatic rings. The third-order valence-corrected chi connectivity index (χ3v) is 4.24. The molecule has 4 rings (SSSR count). The van der Waals surface area contributed by atoms with Crippen LogP contribution in [0.2, 0.25) is 5.02 Å². The van der Waals surface area contributed by atoms with Crippen molar-refractivity contribution in [2.75, 3.05) is 13.1 Å². The van der Waals surface area contributed by atoms with Gasteiger partial charge >= 0.3 is 0 Å². The van der Waals surface area contributed by atoms with Crippen molar-refractivity contribution >= 4 is 23.6 Å². The molecule has 0 saturated carbocycles. The lowest BCUT2D eigenvalue weighted by molar-refractivity contribution is -0.130. The smallest absolute Gasteiger partial charge is 0.246 e. The van der Waals surface area contributed by atoms with Gasteiger partial charge < -0.3 is 13.8 Å². The highest BCUT2D eigenvalue weighted by molar-refractivity contribution is 6.30. The number of furan rings is 1. The minimum Gasteiger partial charge on any atom is -0.465 e. The Morgan fingerprint density at radius 3 is 2.92 bits per heavy atom. The summed E-state index contributed by atoms with van der Waals surface area (Å²) in [6.45, 7) is 1.11. The molecule has 1 aromatic carbocycles. The molecule has 1 aliphatic heterocycles. The molecule has 25 heavy (non-hydrogen) atoms. The summed E-state index contributed by atoms with van der Waals surface area (Å²) < 4.78 is 10.5. The van der Waals surface area contributed by atoms with Crippen LogP contribution in [-0.2, 0) is 4.79 Å². The third kappa shape index (κ3) is 3.34. The van der Waals surface area contributed by atoms with Gasteiger partial charge in [0, 0.05) is 29.8 Å². The minimum absolute atomic E-state index is 0.0568. The van der Waals surface area contributed by atoms with Gasteiger partial charge in [-0.25, -0.2) is 0 Å². The first-order valence-corrected chi connectivity index (χ1v) is 8.17. The zero-order valence-electron chi connectivity index (χ0n) is 13.1. The molecule has 3 aromatic rings. The second kappa shape index (κ2) is 6.57. The van der Waals surface area contributed by atoms with Crippen LogP contribution in [0.4, 0.5) is 0 Å². The van der Waals surface area contributed by atoms with Crippen molar-refractivity contribution in [1.82, 2.24) is 15.0 Å². The van der Waals surface area contributed by atoms with Crippen LogP contribution in [0.3, 0.4) is 0 Å². The minimum atomic E-state index is -0.0674. The van der Waals surface area contributed by atoms with E-state index in [0.29, 0.717) is 35.6 Å². The molecular weight excluding hydrogens is 342 g/mol. The monoisotopic (exact) mass is 355 g/mol. The molecule has 0 atom stereocenters. The van der Waals surface area contributed by atoms with E-state index in [1.165, 1.54) is 6.08 Å². The Kier molecular flexibility index (Phi) is 4.11. The molecule has 3 heterocycles. The van der Waals surface area contributed by atoms with Crippen molar-refractivity contribution in [2.45, 2.75) is 5.92 Å². The van der Waals surface area contributed by atoms with Crippen LogP contribution in [0, 0.1) is 0 Å². The number of likely N-dealkylation sites (tertiary alicyclic amines) is 1. The number of hydrogen-bond donors (Lipinski definition) is 0. The van der Waals surface area contributed by atoms with Gasteiger partial charge in [-0.3, -0.25) is 4.79 Å². The summed E-state index contributed by atoms with van der Waals surface area (Å²) >= 11 is 5.98. The summed E-state index contributed by atoms with van der Waals surface area (Å²) in [5.74, 6) is 1.67. The Labute approximate surface area is 148 Å². The van der Waals surface area contributed by atoms with Crippen LogP contribution >= 0.6 is 11.6 Å². The Morgan fingerprint density at radius 1 is 1.28 bits per heavy atom. The fourth-order valence-electron chi connectivity index (χ4n) is 2.61. The molecule has 0 unspecified atom stereocenters. The Hall–Kier alpha value is -2.86. The topological polar surface area (TPSA) is 72.4 Å². The predicted octanol–water partition coefficient (Wildman–Crippen LogP) is 3.62. The number of carbonyl (C=O) groups excluding carboxylic acids is 1. The van der Waals surface area contributed by atoms with Gasteiger partial charge in [-0.05, 0) is 30.3 Å². The lowest BCUT2D eigenvalue weighted by Crippen LogP contribution is -2.47. The number of amides is 1. The maximum atomic E-state index is 12.1. The van der Waals surface area contributed by atoms with E-state index in [0.717, 1.165) is 5.56 Å². The number of benzene rings is 1. The number of carbonyl (C=O) groups is 1. The Bertz CT molecular complexity index is 911. The molecule has 2 aromatic heterocycles. The van der Waals surface area contributed by atoms with Gasteiger partial charge in [-0.2, -0.15) is 4.98 Å². The largest absolute Gasteiger partial charge is 0.465 e. The molecule has 0 aliphatic carbocycles. The van der Waals surface area contributed by atoms with Crippen LogP contribution in [0.15, 0.2) is 57.7 Å². The average Bonchev–Trinajstić information content (AvgIpc) is 3.23. The van der Waals surface area contributed by atoms with Gasteiger partial charge in [0.25, 0.3) is 0 Å². The number of rotatable bonds is 4. The fourth-order valence-corrected chi connectivity index (χ4v) is 2.80. The zero-order valence-corrected chi connectivity index (χ0v) is 13.9. The van der Waals surface area contributed by atoms with Crippen molar-refractivity contribution in [2.24, 2.45) is 0 Å². The highest BCUT2D eigenvalue weighted by Crippen LogP contribution is 2.28. The van der Waals surface area contributed by atoms with Crippen molar-refractivity contribution in [1.29, 1.82) is 0 Å². The van der Waals surface area contributed by atoms with Gasteiger partial charge in [0.2, 0.25) is 17.6 Å². The maximum Gasteiger partial charge on any atom is 0.246 e. The normalized spacial score (nSPS) is 14.8. The summed E-state index contributed by atoms with van der Waals surface area (Å²) in [4.78, 5) is 18.2. The van der Waals surface area contributed by atoms with E-state index in [-0.39, 0.29) is 11.8 Å². The molecule has 7 heteroatoms. The summed E-state index contributed by atoms with van der Waals surface area (Å²) in [5, 5.41) is 4.61. The lowest BCUT2D eigenvalue weighted by atomic mass is 10.00. The molecular formula is C18H14ClN3O3. The Balaban J connectivity index is 1.37. The van der Waals surface area contributed by atoms with Crippen LogP contribution in [-0.4, -0.2) is 34.0 Å². The molecule has 0 radical (unpaired) electrons. The van der Waals surface area contributed by atoms with E-state index < -0.39 is 0 Å². The standard InChI is InChI=1S/C18H14ClN3O3/c19-14-4-1-3-12(9-14)17-20-18(25-21-17)13-10-22(11-13)16(23)7-6-15-5-2-8-24-15/h1-9,13H,10-11H2/b7-6+. The van der Waals surface area contributed by atoms with Gasteiger partial charge in [0.15, 0.2) is 0 Å². The molecule has 126 valence electrons. The first-order chi connectivity index (χ1) is 12.2. The van der Waals surface area contributed by atoms with E-state index in [2.05, 4.69) is 10.1 Å². The van der Waals surface area contributed by atoms with Crippen molar-refractivity contribution in [3.8, 4) is 11.4 Å². The second-order valence-electron chi connectivity index (χ2n) is 5.76. The first-order valence-electron chi connectivity index (χ1n) is 7.79. The van der Waals surface area contributed by atoms with E-state index in [4.69, 9.17) is 20.5 Å². The number of hydrogen-bond acceptors (Lipinski definition) is 5. The molecule has 6 nitrogen and oxygen atoms in total. The number of aromatic nitrogens is 2. The molecule has 0 bridgehead atoms. The third-order valence-electron chi connectivity index (χ3n) is 4.00. The molecule has 1 fully saturated rings. The van der Waals surface area contributed by atoms with Crippen LogP contribution < -0.4 is 0 Å². The van der Waals surface area contributed by atoms with Crippen molar-refractivity contribution in [3.05, 3.63) is 65.4 Å². The molecule has 0 N–H and O–H groups in total. The number of halogens is 1. The zero-order chi connectivity index (χ0) is 17.2. The predicted molar refractivity (Wildman–Crippen MR) is 91.8 cm³/mol. The fraction of sp³-hybridized carbons (Fsp3) is 0.167. The van der Waals surface area contributed by atoms with E-state index in [1.54, 1.807) is 41.5 Å². The van der Waals surface area contributed by atoms with Crippen LogP contribution in [0.25, 0.3) is 17.5 Å². The van der Waals surface area contributed by atoms with E-state index in [9.17, 15) is 4.79 Å². The average molecular weight is 356 g/mol. The molecule has 1 amide bonds. The lowest BCUT2D eigenvalue weighted by Gasteiger charge is -2.36. The maximum absolute atomic E-state index is 12.1. The summed E-state index contributed by atoms with van der Waals surface area (Å²) in [5.41, 5.74) is 0.802. The second-order valence-corrected chi connectivity index (χ2v) is 6.19. The van der Waals surface area contributed by atoms with Gasteiger partial charge in [-0.15, -0.1) is 0 Å².